The third kappa shape index (κ3) is 5.03. The topological polar surface area (TPSA) is 59.4 Å². The average molecular weight is 480 g/mol. The van der Waals surface area contributed by atoms with Crippen molar-refractivity contribution in [3.8, 4) is 11.4 Å². The average Bonchev–Trinajstić information content (AvgIpc) is 3.58. The Bertz CT molecular complexity index is 1170. The molecule has 180 valence electrons. The molecule has 1 aliphatic carbocycles. The van der Waals surface area contributed by atoms with Crippen molar-refractivity contribution in [1.82, 2.24) is 24.1 Å². The third-order valence-corrected chi connectivity index (χ3v) is 7.63. The first-order valence-corrected chi connectivity index (χ1v) is 12.8. The predicted molar refractivity (Wildman–Crippen MR) is 134 cm³/mol. The lowest BCUT2D eigenvalue weighted by atomic mass is 10.0. The third-order valence-electron chi connectivity index (χ3n) is 7.20. The number of piperazine rings is 1. The van der Waals surface area contributed by atoms with Gasteiger partial charge < -0.3 is 9.32 Å². The highest BCUT2D eigenvalue weighted by atomic mass is 32.1. The van der Waals surface area contributed by atoms with Crippen molar-refractivity contribution >= 4 is 18.1 Å². The number of aryl methyl sites for hydroxylation is 1. The highest BCUT2D eigenvalue weighted by molar-refractivity contribution is 7.71. The van der Waals surface area contributed by atoms with E-state index >= 15 is 0 Å². The Hall–Kier alpha value is -2.71. The fraction of sp³-hybridized carbons (Fsp3) is 0.500. The fourth-order valence-electron chi connectivity index (χ4n) is 5.18. The molecule has 0 spiro atoms. The van der Waals surface area contributed by atoms with Crippen molar-refractivity contribution < 1.29 is 9.21 Å². The van der Waals surface area contributed by atoms with Crippen molar-refractivity contribution in [2.75, 3.05) is 26.2 Å². The number of carbonyl (C=O) groups excluding carboxylic acids is 1. The number of carbonyl (C=O) groups is 1. The summed E-state index contributed by atoms with van der Waals surface area (Å²) in [4.78, 5) is 17.1. The molecule has 1 aliphatic heterocycles. The van der Waals surface area contributed by atoms with E-state index in [0.29, 0.717) is 29.8 Å². The van der Waals surface area contributed by atoms with Crippen LogP contribution in [0.5, 0.6) is 0 Å². The van der Waals surface area contributed by atoms with Gasteiger partial charge in [-0.25, -0.2) is 4.68 Å². The molecule has 1 saturated carbocycles. The van der Waals surface area contributed by atoms with E-state index in [1.807, 2.05) is 40.8 Å². The van der Waals surface area contributed by atoms with Gasteiger partial charge >= 0.3 is 0 Å². The highest BCUT2D eigenvalue weighted by Gasteiger charge is 2.26. The summed E-state index contributed by atoms with van der Waals surface area (Å²) in [6.45, 7) is 6.45. The van der Waals surface area contributed by atoms with Crippen LogP contribution < -0.4 is 0 Å². The summed E-state index contributed by atoms with van der Waals surface area (Å²) in [7, 11) is 0. The molecule has 1 saturated heterocycles. The number of hydrogen-bond acceptors (Lipinski definition) is 5. The van der Waals surface area contributed by atoms with Crippen LogP contribution in [0.3, 0.4) is 0 Å². The van der Waals surface area contributed by atoms with Gasteiger partial charge in [0.15, 0.2) is 10.6 Å². The van der Waals surface area contributed by atoms with Gasteiger partial charge in [0.2, 0.25) is 5.91 Å². The Morgan fingerprint density at radius 3 is 2.50 bits per heavy atom. The zero-order valence-corrected chi connectivity index (χ0v) is 20.7. The Balaban J connectivity index is 1.29. The second-order valence-corrected chi connectivity index (χ2v) is 9.93. The van der Waals surface area contributed by atoms with E-state index in [-0.39, 0.29) is 0 Å². The van der Waals surface area contributed by atoms with Crippen LogP contribution in [-0.2, 0) is 18.0 Å². The van der Waals surface area contributed by atoms with Gasteiger partial charge in [0.05, 0.1) is 25.0 Å². The van der Waals surface area contributed by atoms with Crippen LogP contribution in [0.25, 0.3) is 11.4 Å². The molecule has 2 aliphatic rings. The van der Waals surface area contributed by atoms with E-state index < -0.39 is 0 Å². The lowest BCUT2D eigenvalue weighted by molar-refractivity contribution is -0.134. The molecular formula is C26H33N5O2S. The minimum atomic E-state index is 0.327. The van der Waals surface area contributed by atoms with Gasteiger partial charge in [0.1, 0.15) is 5.76 Å². The van der Waals surface area contributed by atoms with E-state index in [4.69, 9.17) is 21.7 Å². The van der Waals surface area contributed by atoms with Gasteiger partial charge in [-0.3, -0.25) is 14.3 Å². The maximum atomic E-state index is 12.7. The maximum absolute atomic E-state index is 12.7. The summed E-state index contributed by atoms with van der Waals surface area (Å²) in [6.07, 6.45) is 7.42. The first kappa shape index (κ1) is 23.1. The molecule has 2 aromatic heterocycles. The number of hydrogen-bond donors (Lipinski definition) is 0. The van der Waals surface area contributed by atoms with E-state index in [0.717, 1.165) is 49.7 Å². The van der Waals surface area contributed by atoms with Crippen LogP contribution >= 0.6 is 12.2 Å². The molecule has 3 heterocycles. The molecule has 1 aromatic carbocycles. The minimum absolute atomic E-state index is 0.327. The van der Waals surface area contributed by atoms with Crippen molar-refractivity contribution in [3.63, 3.8) is 0 Å². The first-order chi connectivity index (χ1) is 16.6. The quantitative estimate of drug-likeness (QED) is 0.459. The van der Waals surface area contributed by atoms with Gasteiger partial charge in [0, 0.05) is 32.6 Å². The van der Waals surface area contributed by atoms with Crippen molar-refractivity contribution in [2.24, 2.45) is 5.92 Å². The van der Waals surface area contributed by atoms with Crippen LogP contribution in [0.15, 0.2) is 47.1 Å². The maximum Gasteiger partial charge on any atom is 0.222 e. The second-order valence-electron chi connectivity index (χ2n) is 9.56. The summed E-state index contributed by atoms with van der Waals surface area (Å²) in [5.41, 5.74) is 2.14. The van der Waals surface area contributed by atoms with Crippen LogP contribution in [0.4, 0.5) is 0 Å². The van der Waals surface area contributed by atoms with Gasteiger partial charge in [-0.2, -0.15) is 5.10 Å². The zero-order chi connectivity index (χ0) is 23.5. The molecule has 3 aromatic rings. The smallest absolute Gasteiger partial charge is 0.222 e. The molecular weight excluding hydrogens is 446 g/mol. The molecule has 34 heavy (non-hydrogen) atoms. The number of rotatable bonds is 7. The van der Waals surface area contributed by atoms with Crippen LogP contribution in [0.2, 0.25) is 0 Å². The SMILES string of the molecule is Cc1occc1-c1nn(CN2CCN(C(=O)CC3CCCC3)CC2)c(=S)n1Cc1ccccc1. The van der Waals surface area contributed by atoms with Crippen LogP contribution in [-0.4, -0.2) is 56.2 Å². The van der Waals surface area contributed by atoms with Crippen LogP contribution in [0.1, 0.15) is 43.4 Å². The second kappa shape index (κ2) is 10.3. The molecule has 8 heteroatoms. The lowest BCUT2D eigenvalue weighted by Gasteiger charge is -2.35. The molecule has 1 amide bonds. The van der Waals surface area contributed by atoms with Crippen molar-refractivity contribution in [2.45, 2.75) is 52.2 Å². The lowest BCUT2D eigenvalue weighted by Crippen LogP contribution is -2.49. The minimum Gasteiger partial charge on any atom is -0.469 e. The van der Waals surface area contributed by atoms with E-state index in [1.165, 1.54) is 31.2 Å². The van der Waals surface area contributed by atoms with Gasteiger partial charge in [-0.15, -0.1) is 0 Å². The number of nitrogens with zero attached hydrogens (tertiary/aromatic N) is 5. The van der Waals surface area contributed by atoms with E-state index in [1.54, 1.807) is 6.26 Å². The van der Waals surface area contributed by atoms with Gasteiger partial charge in [0.25, 0.3) is 0 Å². The first-order valence-electron chi connectivity index (χ1n) is 12.3. The van der Waals surface area contributed by atoms with Crippen molar-refractivity contribution in [1.29, 1.82) is 0 Å². The molecule has 0 atom stereocenters. The standard InChI is InChI=1S/C26H33N5O2S/c1-20-23(11-16-33-20)25-27-31(26(34)30(25)18-22-9-3-2-4-10-22)19-28-12-14-29(15-13-28)24(32)17-21-7-5-6-8-21/h2-4,9-11,16,21H,5-8,12-15,17-19H2,1H3. The molecule has 0 bridgehead atoms. The molecule has 0 radical (unpaired) electrons. The zero-order valence-electron chi connectivity index (χ0n) is 19.9. The summed E-state index contributed by atoms with van der Waals surface area (Å²) in [5, 5.41) is 4.92. The summed E-state index contributed by atoms with van der Waals surface area (Å²) in [5.74, 6) is 2.58. The number of aromatic nitrogens is 3. The van der Waals surface area contributed by atoms with Crippen LogP contribution in [0, 0.1) is 17.6 Å². The number of amides is 1. The fourth-order valence-corrected chi connectivity index (χ4v) is 5.43. The molecule has 0 N–H and O–H groups in total. The van der Waals surface area contributed by atoms with E-state index in [2.05, 4.69) is 21.6 Å². The molecule has 0 unspecified atom stereocenters. The monoisotopic (exact) mass is 479 g/mol. The molecule has 2 fully saturated rings. The Morgan fingerprint density at radius 2 is 1.82 bits per heavy atom. The Morgan fingerprint density at radius 1 is 1.09 bits per heavy atom. The molecule has 7 nitrogen and oxygen atoms in total. The van der Waals surface area contributed by atoms with Gasteiger partial charge in [-0.1, -0.05) is 43.2 Å². The number of benzene rings is 1. The van der Waals surface area contributed by atoms with Gasteiger partial charge in [-0.05, 0) is 49.5 Å². The highest BCUT2D eigenvalue weighted by Crippen LogP contribution is 2.28. The normalized spacial score (nSPS) is 17.5. The Labute approximate surface area is 206 Å². The number of furan rings is 1. The summed E-state index contributed by atoms with van der Waals surface area (Å²) < 4.78 is 10.3. The Kier molecular flexibility index (Phi) is 6.97. The van der Waals surface area contributed by atoms with E-state index in [9.17, 15) is 4.79 Å². The summed E-state index contributed by atoms with van der Waals surface area (Å²) in [6, 6.07) is 12.3. The van der Waals surface area contributed by atoms with Crippen molar-refractivity contribution in [3.05, 3.63) is 58.8 Å². The largest absolute Gasteiger partial charge is 0.469 e. The molecule has 5 rings (SSSR count). The predicted octanol–water partition coefficient (Wildman–Crippen LogP) is 4.71. The summed E-state index contributed by atoms with van der Waals surface area (Å²) >= 11 is 5.88.